The molecule has 1 aliphatic heterocycles. The molecule has 3 rings (SSSR count). The molecule has 3 fully saturated rings. The highest BCUT2D eigenvalue weighted by molar-refractivity contribution is 14.0. The van der Waals surface area contributed by atoms with Gasteiger partial charge in [0.05, 0.1) is 0 Å². The van der Waals surface area contributed by atoms with E-state index < -0.39 is 0 Å². The van der Waals surface area contributed by atoms with Gasteiger partial charge in [-0.1, -0.05) is 12.8 Å². The van der Waals surface area contributed by atoms with Crippen molar-refractivity contribution in [2.45, 2.75) is 64.3 Å². The van der Waals surface area contributed by atoms with Gasteiger partial charge in [0.15, 0.2) is 5.96 Å². The van der Waals surface area contributed by atoms with Crippen molar-refractivity contribution >= 4 is 35.8 Å². The summed E-state index contributed by atoms with van der Waals surface area (Å²) in [6.07, 6.45) is 9.28. The van der Waals surface area contributed by atoms with Crippen LogP contribution in [0.3, 0.4) is 0 Å². The van der Waals surface area contributed by atoms with E-state index >= 15 is 0 Å². The minimum atomic E-state index is 0. The molecule has 1 heterocycles. The highest BCUT2D eigenvalue weighted by atomic mass is 127. The lowest BCUT2D eigenvalue weighted by atomic mass is 10.0. The van der Waals surface area contributed by atoms with Gasteiger partial charge in [0.25, 0.3) is 0 Å². The Labute approximate surface area is 181 Å². The molecule has 1 amide bonds. The second-order valence-corrected chi connectivity index (χ2v) is 8.27. The average Bonchev–Trinajstić information content (AvgIpc) is 3.06. The molecule has 2 N–H and O–H groups in total. The second-order valence-electron chi connectivity index (χ2n) is 8.27. The van der Waals surface area contributed by atoms with E-state index in [2.05, 4.69) is 20.5 Å². The fourth-order valence-electron chi connectivity index (χ4n) is 4.29. The number of hydrogen-bond acceptors (Lipinski definition) is 3. The summed E-state index contributed by atoms with van der Waals surface area (Å²) in [5, 5.41) is 7.03. The maximum Gasteiger partial charge on any atom is 0.225 e. The number of halogens is 1. The molecule has 1 atom stereocenters. The molecule has 2 saturated carbocycles. The summed E-state index contributed by atoms with van der Waals surface area (Å²) in [5.41, 5.74) is 0.396. The third-order valence-corrected chi connectivity index (χ3v) is 6.34. The van der Waals surface area contributed by atoms with E-state index in [4.69, 9.17) is 4.74 Å². The van der Waals surface area contributed by atoms with Crippen molar-refractivity contribution in [2.75, 3.05) is 39.9 Å². The van der Waals surface area contributed by atoms with Crippen LogP contribution in [0.4, 0.5) is 0 Å². The Kier molecular flexibility index (Phi) is 9.11. The highest BCUT2D eigenvalue weighted by Crippen LogP contribution is 2.48. The number of nitrogens with one attached hydrogen (secondary N) is 2. The van der Waals surface area contributed by atoms with Crippen molar-refractivity contribution in [3.63, 3.8) is 0 Å². The van der Waals surface area contributed by atoms with Crippen LogP contribution in [0.2, 0.25) is 0 Å². The zero-order chi connectivity index (χ0) is 18.4. The number of carbonyl (C=O) groups is 1. The second kappa shape index (κ2) is 10.8. The highest BCUT2D eigenvalue weighted by Gasteiger charge is 2.42. The third-order valence-electron chi connectivity index (χ3n) is 6.34. The van der Waals surface area contributed by atoms with Gasteiger partial charge in [0.1, 0.15) is 0 Å². The summed E-state index contributed by atoms with van der Waals surface area (Å²) in [6, 6.07) is 0.310. The molecule has 1 unspecified atom stereocenters. The van der Waals surface area contributed by atoms with Gasteiger partial charge in [-0.3, -0.25) is 9.79 Å². The molecule has 156 valence electrons. The number of hydrogen-bond donors (Lipinski definition) is 2. The summed E-state index contributed by atoms with van der Waals surface area (Å²) in [6.45, 7) is 6.34. The lowest BCUT2D eigenvalue weighted by Crippen LogP contribution is -2.46. The van der Waals surface area contributed by atoms with E-state index in [1.54, 1.807) is 0 Å². The number of aliphatic imine (C=N–C) groups is 1. The molecule has 0 radical (unpaired) electrons. The first kappa shape index (κ1) is 22.7. The van der Waals surface area contributed by atoms with Crippen molar-refractivity contribution in [1.29, 1.82) is 0 Å². The minimum absolute atomic E-state index is 0. The number of amides is 1. The topological polar surface area (TPSA) is 66.0 Å². The summed E-state index contributed by atoms with van der Waals surface area (Å²) in [7, 11) is 1.82. The van der Waals surface area contributed by atoms with Crippen molar-refractivity contribution in [1.82, 2.24) is 15.5 Å². The molecule has 0 bridgehead atoms. The van der Waals surface area contributed by atoms with Crippen molar-refractivity contribution in [2.24, 2.45) is 16.3 Å². The van der Waals surface area contributed by atoms with Gasteiger partial charge in [-0.25, -0.2) is 0 Å². The smallest absolute Gasteiger partial charge is 0.225 e. The van der Waals surface area contributed by atoms with Crippen LogP contribution in [0.5, 0.6) is 0 Å². The Balaban J connectivity index is 0.00000261. The van der Waals surface area contributed by atoms with E-state index in [0.717, 1.165) is 64.5 Å². The number of nitrogens with zero attached hydrogens (tertiary/aromatic N) is 2. The molecule has 2 aliphatic carbocycles. The van der Waals surface area contributed by atoms with Crippen LogP contribution in [0, 0.1) is 11.3 Å². The molecular weight excluding hydrogens is 455 g/mol. The molecule has 6 nitrogen and oxygen atoms in total. The molecule has 1 saturated heterocycles. The fourth-order valence-corrected chi connectivity index (χ4v) is 4.29. The van der Waals surface area contributed by atoms with E-state index in [0.29, 0.717) is 17.4 Å². The van der Waals surface area contributed by atoms with Crippen LogP contribution < -0.4 is 10.6 Å². The minimum Gasteiger partial charge on any atom is -0.382 e. The lowest BCUT2D eigenvalue weighted by molar-refractivity contribution is -0.134. The summed E-state index contributed by atoms with van der Waals surface area (Å²) < 4.78 is 5.52. The van der Waals surface area contributed by atoms with E-state index in [9.17, 15) is 4.79 Å². The maximum absolute atomic E-state index is 12.6. The van der Waals surface area contributed by atoms with Crippen LogP contribution in [0.25, 0.3) is 0 Å². The lowest BCUT2D eigenvalue weighted by Gasteiger charge is -2.22. The first-order valence-electron chi connectivity index (χ1n) is 10.5. The van der Waals surface area contributed by atoms with Gasteiger partial charge in [-0.05, 0) is 50.9 Å². The standard InChI is InChI=1S/C20H36N4O2.HI/c1-3-26-13-11-20(9-10-20)15-22-19(21-2)23-17-8-12-24(14-17)18(25)16-6-4-5-7-16;/h16-17H,3-15H2,1-2H3,(H2,21,22,23);1H. The van der Waals surface area contributed by atoms with Crippen molar-refractivity contribution in [3.05, 3.63) is 0 Å². The van der Waals surface area contributed by atoms with Gasteiger partial charge in [-0.2, -0.15) is 0 Å². The molecule has 0 aromatic carbocycles. The maximum atomic E-state index is 12.6. The summed E-state index contributed by atoms with van der Waals surface area (Å²) >= 11 is 0. The van der Waals surface area contributed by atoms with Crippen LogP contribution >= 0.6 is 24.0 Å². The van der Waals surface area contributed by atoms with E-state index in [1.165, 1.54) is 25.7 Å². The quantitative estimate of drug-likeness (QED) is 0.237. The van der Waals surface area contributed by atoms with Crippen molar-refractivity contribution in [3.8, 4) is 0 Å². The monoisotopic (exact) mass is 492 g/mol. The average molecular weight is 492 g/mol. The first-order chi connectivity index (χ1) is 12.7. The van der Waals surface area contributed by atoms with E-state index in [1.807, 2.05) is 14.0 Å². The van der Waals surface area contributed by atoms with Crippen LogP contribution in [0.15, 0.2) is 4.99 Å². The van der Waals surface area contributed by atoms with Crippen LogP contribution in [-0.2, 0) is 9.53 Å². The van der Waals surface area contributed by atoms with Gasteiger partial charge in [0, 0.05) is 51.9 Å². The van der Waals surface area contributed by atoms with Crippen LogP contribution in [0.1, 0.15) is 58.3 Å². The Morgan fingerprint density at radius 3 is 2.63 bits per heavy atom. The first-order valence-corrected chi connectivity index (χ1v) is 10.5. The Hall–Kier alpha value is -0.570. The molecule has 7 heteroatoms. The third kappa shape index (κ3) is 6.48. The van der Waals surface area contributed by atoms with Crippen molar-refractivity contribution < 1.29 is 9.53 Å². The fraction of sp³-hybridized carbons (Fsp3) is 0.900. The van der Waals surface area contributed by atoms with E-state index in [-0.39, 0.29) is 29.9 Å². The Bertz CT molecular complexity index is 504. The molecule has 0 aromatic rings. The molecule has 27 heavy (non-hydrogen) atoms. The number of carbonyl (C=O) groups excluding carboxylic acids is 1. The molecular formula is C20H37IN4O2. The molecule has 0 spiro atoms. The molecule has 3 aliphatic rings. The van der Waals surface area contributed by atoms with Gasteiger partial charge in [-0.15, -0.1) is 24.0 Å². The molecule has 0 aromatic heterocycles. The SMILES string of the molecule is CCOCCC1(CNC(=NC)NC2CCN(C(=O)C3CCCC3)C2)CC1.I. The Morgan fingerprint density at radius 1 is 1.26 bits per heavy atom. The zero-order valence-electron chi connectivity index (χ0n) is 17.0. The summed E-state index contributed by atoms with van der Waals surface area (Å²) in [5.74, 6) is 1.53. The van der Waals surface area contributed by atoms with Gasteiger partial charge >= 0.3 is 0 Å². The van der Waals surface area contributed by atoms with Gasteiger partial charge in [0.2, 0.25) is 5.91 Å². The number of ether oxygens (including phenoxy) is 1. The Morgan fingerprint density at radius 2 is 2.00 bits per heavy atom. The predicted octanol–water partition coefficient (Wildman–Crippen LogP) is 2.77. The number of rotatable bonds is 8. The zero-order valence-corrected chi connectivity index (χ0v) is 19.3. The van der Waals surface area contributed by atoms with Gasteiger partial charge < -0.3 is 20.3 Å². The summed E-state index contributed by atoms with van der Waals surface area (Å²) in [4.78, 5) is 19.0. The van der Waals surface area contributed by atoms with Crippen LogP contribution in [-0.4, -0.2) is 62.7 Å². The number of likely N-dealkylation sites (tertiary alicyclic amines) is 1. The largest absolute Gasteiger partial charge is 0.382 e. The normalized spacial score (nSPS) is 24.6. The number of guanidine groups is 1. The predicted molar refractivity (Wildman–Crippen MR) is 120 cm³/mol.